The number of alkyl halides is 3. The van der Waals surface area contributed by atoms with Crippen molar-refractivity contribution in [3.05, 3.63) is 106 Å². The molecule has 1 aliphatic heterocycles. The van der Waals surface area contributed by atoms with Gasteiger partial charge in [0.25, 0.3) is 21.8 Å². The largest absolute Gasteiger partial charge is 0.569 e. The van der Waals surface area contributed by atoms with Crippen LogP contribution in [0, 0.1) is 12.1 Å². The van der Waals surface area contributed by atoms with Crippen molar-refractivity contribution >= 4 is 27.9 Å². The molecular weight excluding hydrogens is 699 g/mol. The summed E-state index contributed by atoms with van der Waals surface area (Å²) in [6, 6.07) is 17.9. The van der Waals surface area contributed by atoms with Crippen molar-refractivity contribution in [2.45, 2.75) is 37.9 Å². The summed E-state index contributed by atoms with van der Waals surface area (Å²) < 4.78 is 74.0. The highest BCUT2D eigenvalue weighted by molar-refractivity contribution is 7.90. The van der Waals surface area contributed by atoms with E-state index in [9.17, 15) is 41.2 Å². The van der Waals surface area contributed by atoms with E-state index in [1.807, 2.05) is 6.92 Å². The molecule has 1 aliphatic rings. The van der Waals surface area contributed by atoms with E-state index in [2.05, 4.69) is 10.4 Å². The first kappa shape index (κ1) is 36.3. The minimum absolute atomic E-state index is 0.0317. The number of fused-ring (bicyclic) bond motifs is 1. The van der Waals surface area contributed by atoms with Crippen LogP contribution in [0.3, 0.4) is 0 Å². The number of rotatable bonds is 12. The van der Waals surface area contributed by atoms with Crippen molar-refractivity contribution < 1.29 is 50.5 Å². The number of aromatic nitrogens is 2. The average molecular weight is 730 g/mol. The van der Waals surface area contributed by atoms with Crippen LogP contribution in [0.2, 0.25) is 0 Å². The number of carbonyl (C=O) groups excluding carboxylic acids is 3. The van der Waals surface area contributed by atoms with Crippen molar-refractivity contribution in [1.29, 1.82) is 0 Å². The Bertz CT molecular complexity index is 2050. The van der Waals surface area contributed by atoms with Crippen molar-refractivity contribution in [2.24, 2.45) is 5.28 Å². The van der Waals surface area contributed by atoms with Gasteiger partial charge < -0.3 is 14.8 Å². The number of amides is 3. The molecule has 3 aromatic carbocycles. The number of benzene rings is 3. The summed E-state index contributed by atoms with van der Waals surface area (Å²) >= 11 is 0. The summed E-state index contributed by atoms with van der Waals surface area (Å²) in [5, 5.41) is 20.7. The van der Waals surface area contributed by atoms with Gasteiger partial charge in [0.2, 0.25) is 12.0 Å². The molecule has 2 heterocycles. The van der Waals surface area contributed by atoms with Gasteiger partial charge in [-0.2, -0.15) is 18.3 Å². The van der Waals surface area contributed by atoms with Gasteiger partial charge in [-0.1, -0.05) is 42.0 Å². The predicted octanol–water partition coefficient (Wildman–Crippen LogP) is 5.05. The van der Waals surface area contributed by atoms with E-state index in [0.717, 1.165) is 38.4 Å². The second kappa shape index (κ2) is 14.5. The zero-order valence-electron chi connectivity index (χ0n) is 27.2. The van der Waals surface area contributed by atoms with Gasteiger partial charge in [0, 0.05) is 5.56 Å². The molecule has 0 atom stereocenters. The number of ether oxygens (including phenoxy) is 1. The quantitative estimate of drug-likeness (QED) is 0.0898. The molecule has 268 valence electrons. The Morgan fingerprint density at radius 2 is 1.63 bits per heavy atom. The molecule has 3 amide bonds. The molecular formula is C32H30F3N7O8S. The Morgan fingerprint density at radius 1 is 1.02 bits per heavy atom. The highest BCUT2D eigenvalue weighted by atomic mass is 32.2. The molecule has 0 saturated heterocycles. The van der Waals surface area contributed by atoms with E-state index < -0.39 is 64.1 Å². The molecule has 0 saturated carbocycles. The molecule has 0 aliphatic carbocycles. The first-order chi connectivity index (χ1) is 24.1. The lowest BCUT2D eigenvalue weighted by atomic mass is 10.1. The predicted molar refractivity (Wildman–Crippen MR) is 171 cm³/mol. The van der Waals surface area contributed by atoms with Gasteiger partial charge in [-0.25, -0.2) is 27.5 Å². The van der Waals surface area contributed by atoms with Crippen LogP contribution in [0.5, 0.6) is 0 Å². The maximum absolute atomic E-state index is 13.5. The molecule has 0 spiro atoms. The van der Waals surface area contributed by atoms with E-state index in [1.54, 1.807) is 55.0 Å². The summed E-state index contributed by atoms with van der Waals surface area (Å²) in [4.78, 5) is 42.6. The van der Waals surface area contributed by atoms with Gasteiger partial charge >= 0.3 is 12.3 Å². The fourth-order valence-electron chi connectivity index (χ4n) is 4.92. The van der Waals surface area contributed by atoms with Crippen molar-refractivity contribution in [2.75, 3.05) is 19.9 Å². The number of sulfonamides is 1. The van der Waals surface area contributed by atoms with Gasteiger partial charge in [-0.3, -0.25) is 9.59 Å². The Balaban J connectivity index is 1.18. The number of carbonyl (C=O) groups is 3. The standard InChI is InChI=1S/C32H30F3N7O8S/c1-20(2)40(42(46)38-50-19-39-29(43)25-6-4-5-7-26(25)30(39)44)16-17-49-31(45)37-51(47,48)24-14-12-23(13-15-24)41-27(18-28(36-41)32(33,34)35)22-10-8-21(3)9-11-22/h4-15,18,20H,16-17,19H2,1-3H3,(H,37,45). The zero-order chi connectivity index (χ0) is 37.1. The minimum Gasteiger partial charge on any atom is -0.569 e. The number of nitrogens with one attached hydrogen (secondary N) is 1. The highest BCUT2D eigenvalue weighted by Gasteiger charge is 2.37. The molecule has 0 radical (unpaired) electrons. The zero-order valence-corrected chi connectivity index (χ0v) is 28.0. The fourth-order valence-corrected chi connectivity index (χ4v) is 5.81. The van der Waals surface area contributed by atoms with Gasteiger partial charge in [0.1, 0.15) is 13.2 Å². The lowest BCUT2D eigenvalue weighted by molar-refractivity contribution is -0.717. The third-order valence-corrected chi connectivity index (χ3v) is 8.85. The topological polar surface area (TPSA) is 179 Å². The summed E-state index contributed by atoms with van der Waals surface area (Å²) in [5.41, 5.74) is 0.818. The number of nitrogens with zero attached hydrogens (tertiary/aromatic N) is 6. The van der Waals surface area contributed by atoms with Crippen LogP contribution in [-0.2, 0) is 25.8 Å². The van der Waals surface area contributed by atoms with Crippen LogP contribution in [0.1, 0.15) is 45.8 Å². The monoisotopic (exact) mass is 729 g/mol. The number of halogens is 3. The van der Waals surface area contributed by atoms with E-state index in [-0.39, 0.29) is 34.0 Å². The minimum atomic E-state index is -4.73. The van der Waals surface area contributed by atoms with Crippen LogP contribution >= 0.6 is 0 Å². The Kier molecular flexibility index (Phi) is 10.3. The molecule has 5 rings (SSSR count). The van der Waals surface area contributed by atoms with Crippen LogP contribution in [0.25, 0.3) is 16.9 Å². The molecule has 0 bridgehead atoms. The van der Waals surface area contributed by atoms with E-state index >= 15 is 0 Å². The van der Waals surface area contributed by atoms with E-state index in [1.165, 1.54) is 24.3 Å². The van der Waals surface area contributed by atoms with Crippen LogP contribution in [-0.4, -0.2) is 76.9 Å². The number of aryl methyl sites for hydroxylation is 1. The number of hydrogen-bond donors (Lipinski definition) is 1. The second-order valence-corrected chi connectivity index (χ2v) is 13.0. The highest BCUT2D eigenvalue weighted by Crippen LogP contribution is 2.33. The smallest absolute Gasteiger partial charge is 0.435 e. The third-order valence-electron chi connectivity index (χ3n) is 7.52. The molecule has 0 unspecified atom stereocenters. The Labute approximate surface area is 289 Å². The summed E-state index contributed by atoms with van der Waals surface area (Å²) in [6.07, 6.45) is -6.11. The molecule has 1 N–H and O–H groups in total. The fraction of sp³-hybridized carbons (Fsp3) is 0.250. The summed E-state index contributed by atoms with van der Waals surface area (Å²) in [5.74, 6) is -1.22. The van der Waals surface area contributed by atoms with E-state index in [0.29, 0.717) is 5.56 Å². The lowest BCUT2D eigenvalue weighted by Crippen LogP contribution is -2.41. The van der Waals surface area contributed by atoms with Crippen molar-refractivity contribution in [3.8, 4) is 16.9 Å². The SMILES string of the molecule is Cc1ccc(-c2cc(C(F)(F)F)nn2-c2ccc(S(=O)(=O)NC(=O)OCCN(C(C)C)[N+]([O-])=NOCN3C(=O)c4ccccc4C3=O)cc2)cc1. The average Bonchev–Trinajstić information content (AvgIpc) is 3.63. The van der Waals surface area contributed by atoms with Crippen molar-refractivity contribution in [3.63, 3.8) is 0 Å². The molecule has 19 heteroatoms. The molecule has 0 fully saturated rings. The van der Waals surface area contributed by atoms with Crippen LogP contribution < -0.4 is 4.72 Å². The molecule has 1 aromatic heterocycles. The second-order valence-electron chi connectivity index (χ2n) is 11.4. The summed E-state index contributed by atoms with van der Waals surface area (Å²) in [6.45, 7) is 3.65. The van der Waals surface area contributed by atoms with Gasteiger partial charge in [0.15, 0.2) is 5.69 Å². The van der Waals surface area contributed by atoms with Gasteiger partial charge in [0.05, 0.1) is 38.4 Å². The Morgan fingerprint density at radius 3 is 2.20 bits per heavy atom. The molecule has 15 nitrogen and oxygen atoms in total. The summed E-state index contributed by atoms with van der Waals surface area (Å²) in [7, 11) is -4.49. The molecule has 51 heavy (non-hydrogen) atoms. The third kappa shape index (κ3) is 8.09. The first-order valence-electron chi connectivity index (χ1n) is 15.1. The maximum atomic E-state index is 13.5. The van der Waals surface area contributed by atoms with E-state index in [4.69, 9.17) is 9.57 Å². The molecule has 4 aromatic rings. The van der Waals surface area contributed by atoms with Gasteiger partial charge in [-0.15, -0.1) is 5.01 Å². The van der Waals surface area contributed by atoms with Gasteiger partial charge in [-0.05, 0) is 63.2 Å². The van der Waals surface area contributed by atoms with Crippen LogP contribution in [0.4, 0.5) is 18.0 Å². The lowest BCUT2D eigenvalue weighted by Gasteiger charge is -2.21. The van der Waals surface area contributed by atoms with Crippen molar-refractivity contribution in [1.82, 2.24) is 24.4 Å². The first-order valence-corrected chi connectivity index (χ1v) is 16.6. The number of hydrazine groups is 1. The number of hydrogen-bond acceptors (Lipinski definition) is 10. The normalized spacial score (nSPS) is 13.4. The Hall–Kier alpha value is -5.98. The van der Waals surface area contributed by atoms with Crippen LogP contribution in [0.15, 0.2) is 89.0 Å². The number of imide groups is 1. The maximum Gasteiger partial charge on any atom is 0.435 e.